The highest BCUT2D eigenvalue weighted by molar-refractivity contribution is 5.36. The second-order valence-electron chi connectivity index (χ2n) is 5.24. The lowest BCUT2D eigenvalue weighted by Crippen LogP contribution is -2.44. The maximum atomic E-state index is 12.3. The quantitative estimate of drug-likeness (QED) is 0.858. The SMILES string of the molecule is CNC1CCN(c2nccn(C3CC3)c2=O)CC1. The minimum atomic E-state index is 0.0860. The lowest BCUT2D eigenvalue weighted by molar-refractivity contribution is 0.439. The summed E-state index contributed by atoms with van der Waals surface area (Å²) in [4.78, 5) is 18.8. The van der Waals surface area contributed by atoms with Gasteiger partial charge in [0.2, 0.25) is 0 Å². The van der Waals surface area contributed by atoms with Gasteiger partial charge in [-0.3, -0.25) is 4.79 Å². The molecule has 1 aliphatic heterocycles. The zero-order valence-electron chi connectivity index (χ0n) is 10.8. The van der Waals surface area contributed by atoms with Gasteiger partial charge >= 0.3 is 0 Å². The van der Waals surface area contributed by atoms with Crippen LogP contribution in [-0.2, 0) is 0 Å². The Hall–Kier alpha value is -1.36. The van der Waals surface area contributed by atoms with Gasteiger partial charge in [0.05, 0.1) is 0 Å². The smallest absolute Gasteiger partial charge is 0.293 e. The van der Waals surface area contributed by atoms with E-state index in [9.17, 15) is 4.79 Å². The summed E-state index contributed by atoms with van der Waals surface area (Å²) in [5, 5.41) is 3.30. The molecule has 0 radical (unpaired) electrons. The van der Waals surface area contributed by atoms with Gasteiger partial charge in [0.25, 0.3) is 5.56 Å². The third kappa shape index (κ3) is 2.14. The Bertz CT molecular complexity index is 472. The third-order valence-corrected chi connectivity index (χ3v) is 3.99. The molecule has 0 bridgehead atoms. The summed E-state index contributed by atoms with van der Waals surface area (Å²) in [5.74, 6) is 0.638. The van der Waals surface area contributed by atoms with Gasteiger partial charge in [-0.25, -0.2) is 4.98 Å². The van der Waals surface area contributed by atoms with Crippen LogP contribution in [0.15, 0.2) is 17.2 Å². The summed E-state index contributed by atoms with van der Waals surface area (Å²) < 4.78 is 1.85. The molecule has 1 aromatic rings. The normalized spacial score (nSPS) is 21.3. The third-order valence-electron chi connectivity index (χ3n) is 3.99. The predicted molar refractivity (Wildman–Crippen MR) is 71.1 cm³/mol. The highest BCUT2D eigenvalue weighted by atomic mass is 16.1. The summed E-state index contributed by atoms with van der Waals surface area (Å²) >= 11 is 0. The lowest BCUT2D eigenvalue weighted by Gasteiger charge is -2.32. The Morgan fingerprint density at radius 1 is 1.28 bits per heavy atom. The molecule has 2 heterocycles. The molecule has 1 N–H and O–H groups in total. The van der Waals surface area contributed by atoms with Crippen LogP contribution >= 0.6 is 0 Å². The average Bonchev–Trinajstić information content (AvgIpc) is 3.24. The van der Waals surface area contributed by atoms with Gasteiger partial charge < -0.3 is 14.8 Å². The molecule has 0 amide bonds. The lowest BCUT2D eigenvalue weighted by atomic mass is 10.1. The Kier molecular flexibility index (Phi) is 3.07. The van der Waals surface area contributed by atoms with Gasteiger partial charge in [0.1, 0.15) is 0 Å². The van der Waals surface area contributed by atoms with Crippen molar-refractivity contribution < 1.29 is 0 Å². The minimum absolute atomic E-state index is 0.0860. The highest BCUT2D eigenvalue weighted by Crippen LogP contribution is 2.33. The van der Waals surface area contributed by atoms with Crippen LogP contribution in [0.4, 0.5) is 5.82 Å². The molecule has 98 valence electrons. The summed E-state index contributed by atoms with van der Waals surface area (Å²) in [6, 6.07) is 1.00. The molecule has 2 fully saturated rings. The van der Waals surface area contributed by atoms with Crippen LogP contribution in [-0.4, -0.2) is 35.7 Å². The van der Waals surface area contributed by atoms with E-state index in [0.29, 0.717) is 17.9 Å². The van der Waals surface area contributed by atoms with Gasteiger partial charge in [-0.05, 0) is 32.7 Å². The zero-order valence-corrected chi connectivity index (χ0v) is 10.8. The van der Waals surface area contributed by atoms with Crippen LogP contribution in [0.5, 0.6) is 0 Å². The molecular formula is C13H20N4O. The molecule has 0 spiro atoms. The Morgan fingerprint density at radius 3 is 2.61 bits per heavy atom. The fraction of sp³-hybridized carbons (Fsp3) is 0.692. The number of aromatic nitrogens is 2. The van der Waals surface area contributed by atoms with Gasteiger partial charge in [-0.15, -0.1) is 0 Å². The van der Waals surface area contributed by atoms with Crippen molar-refractivity contribution in [3.05, 3.63) is 22.7 Å². The predicted octanol–water partition coefficient (Wildman–Crippen LogP) is 0.766. The molecule has 1 aliphatic carbocycles. The van der Waals surface area contributed by atoms with E-state index in [1.54, 1.807) is 6.20 Å². The van der Waals surface area contributed by atoms with Crippen LogP contribution in [0.2, 0.25) is 0 Å². The van der Waals surface area contributed by atoms with Crippen molar-refractivity contribution in [2.75, 3.05) is 25.0 Å². The first-order valence-corrected chi connectivity index (χ1v) is 6.79. The Balaban J connectivity index is 1.80. The topological polar surface area (TPSA) is 50.2 Å². The first-order valence-electron chi connectivity index (χ1n) is 6.79. The molecule has 1 saturated carbocycles. The van der Waals surface area contributed by atoms with Crippen molar-refractivity contribution >= 4 is 5.82 Å². The monoisotopic (exact) mass is 248 g/mol. The number of piperidine rings is 1. The van der Waals surface area contributed by atoms with Crippen molar-refractivity contribution in [2.45, 2.75) is 37.8 Å². The van der Waals surface area contributed by atoms with Gasteiger partial charge in [-0.2, -0.15) is 0 Å². The minimum Gasteiger partial charge on any atom is -0.352 e. The first kappa shape index (κ1) is 11.7. The molecule has 0 aromatic carbocycles. The van der Waals surface area contributed by atoms with Crippen molar-refractivity contribution in [3.8, 4) is 0 Å². The van der Waals surface area contributed by atoms with E-state index >= 15 is 0 Å². The highest BCUT2D eigenvalue weighted by Gasteiger charge is 2.27. The second kappa shape index (κ2) is 4.72. The van der Waals surface area contributed by atoms with E-state index in [2.05, 4.69) is 15.2 Å². The molecule has 0 unspecified atom stereocenters. The molecule has 5 heteroatoms. The molecule has 3 rings (SSSR count). The van der Waals surface area contributed by atoms with E-state index < -0.39 is 0 Å². The summed E-state index contributed by atoms with van der Waals surface area (Å²) in [6.45, 7) is 1.84. The van der Waals surface area contributed by atoms with Crippen molar-refractivity contribution in [1.82, 2.24) is 14.9 Å². The van der Waals surface area contributed by atoms with Gasteiger partial charge in [0.15, 0.2) is 5.82 Å². The maximum Gasteiger partial charge on any atom is 0.293 e. The van der Waals surface area contributed by atoms with Gasteiger partial charge in [-0.1, -0.05) is 0 Å². The Labute approximate surface area is 107 Å². The van der Waals surface area contributed by atoms with Crippen molar-refractivity contribution in [3.63, 3.8) is 0 Å². The van der Waals surface area contributed by atoms with Crippen LogP contribution in [0, 0.1) is 0 Å². The maximum absolute atomic E-state index is 12.3. The summed E-state index contributed by atoms with van der Waals surface area (Å²) in [7, 11) is 2.00. The molecule has 1 aromatic heterocycles. The van der Waals surface area contributed by atoms with Crippen molar-refractivity contribution in [2.24, 2.45) is 0 Å². The second-order valence-corrected chi connectivity index (χ2v) is 5.24. The molecule has 18 heavy (non-hydrogen) atoms. The largest absolute Gasteiger partial charge is 0.352 e. The standard InChI is InChI=1S/C13H20N4O/c1-14-10-4-7-16(8-5-10)12-13(18)17(9-6-15-12)11-2-3-11/h6,9-11,14H,2-5,7-8H2,1H3. The molecule has 2 aliphatic rings. The Morgan fingerprint density at radius 2 is 2.00 bits per heavy atom. The van der Waals surface area contributed by atoms with Crippen molar-refractivity contribution in [1.29, 1.82) is 0 Å². The van der Waals surface area contributed by atoms with Crippen LogP contribution in [0.3, 0.4) is 0 Å². The van der Waals surface area contributed by atoms with E-state index in [0.717, 1.165) is 38.8 Å². The molecule has 5 nitrogen and oxygen atoms in total. The fourth-order valence-corrected chi connectivity index (χ4v) is 2.65. The number of anilines is 1. The zero-order chi connectivity index (χ0) is 12.5. The number of hydrogen-bond donors (Lipinski definition) is 1. The average molecular weight is 248 g/mol. The van der Waals surface area contributed by atoms with Crippen LogP contribution < -0.4 is 15.8 Å². The number of hydrogen-bond acceptors (Lipinski definition) is 4. The van der Waals surface area contributed by atoms with E-state index in [-0.39, 0.29) is 5.56 Å². The van der Waals surface area contributed by atoms with Crippen LogP contribution in [0.1, 0.15) is 31.7 Å². The van der Waals surface area contributed by atoms with Crippen LogP contribution in [0.25, 0.3) is 0 Å². The molecule has 0 atom stereocenters. The summed E-state index contributed by atoms with van der Waals surface area (Å²) in [6.07, 6.45) is 8.01. The van der Waals surface area contributed by atoms with Gasteiger partial charge in [0, 0.05) is 37.6 Å². The summed E-state index contributed by atoms with van der Waals surface area (Å²) in [5.41, 5.74) is 0.0860. The number of rotatable bonds is 3. The number of nitrogens with zero attached hydrogens (tertiary/aromatic N) is 3. The van der Waals surface area contributed by atoms with E-state index in [1.165, 1.54) is 0 Å². The van der Waals surface area contributed by atoms with E-state index in [4.69, 9.17) is 0 Å². The number of nitrogens with one attached hydrogen (secondary N) is 1. The molecular weight excluding hydrogens is 228 g/mol. The van der Waals surface area contributed by atoms with E-state index in [1.807, 2.05) is 17.8 Å². The first-order chi connectivity index (χ1) is 8.79. The molecule has 1 saturated heterocycles. The fourth-order valence-electron chi connectivity index (χ4n) is 2.65.